The van der Waals surface area contributed by atoms with E-state index in [-0.39, 0.29) is 23.6 Å². The Labute approximate surface area is 128 Å². The Morgan fingerprint density at radius 2 is 2.29 bits per heavy atom. The first-order chi connectivity index (χ1) is 9.99. The molecule has 1 aliphatic heterocycles. The Hall–Kier alpha value is -1.63. The van der Waals surface area contributed by atoms with Crippen LogP contribution >= 0.6 is 11.6 Å². The van der Waals surface area contributed by atoms with Gasteiger partial charge in [0.15, 0.2) is 0 Å². The summed E-state index contributed by atoms with van der Waals surface area (Å²) in [6.45, 7) is 3.51. The van der Waals surface area contributed by atoms with Crippen molar-refractivity contribution in [1.82, 2.24) is 15.0 Å². The Balaban J connectivity index is 2.10. The molecule has 0 spiro atoms. The van der Waals surface area contributed by atoms with E-state index in [0.29, 0.717) is 11.9 Å². The van der Waals surface area contributed by atoms with E-state index in [2.05, 4.69) is 15.0 Å². The molecular weight excluding hydrogens is 296 g/mol. The average Bonchev–Trinajstić information content (AvgIpc) is 2.46. The molecule has 0 radical (unpaired) electrons. The van der Waals surface area contributed by atoms with Crippen molar-refractivity contribution in [2.24, 2.45) is 11.8 Å². The number of methoxy groups -OCH3 is 1. The second-order valence-corrected chi connectivity index (χ2v) is 5.65. The molecule has 0 saturated carbocycles. The molecule has 0 amide bonds. The fraction of sp³-hybridized carbons (Fsp3) is 0.692. The number of ether oxygens (including phenoxy) is 1. The molecule has 0 aliphatic carbocycles. The van der Waals surface area contributed by atoms with Crippen molar-refractivity contribution in [3.8, 4) is 6.01 Å². The van der Waals surface area contributed by atoms with Gasteiger partial charge in [0.25, 0.3) is 0 Å². The van der Waals surface area contributed by atoms with Gasteiger partial charge in [-0.2, -0.15) is 15.0 Å². The van der Waals surface area contributed by atoms with E-state index in [1.165, 1.54) is 7.11 Å². The van der Waals surface area contributed by atoms with E-state index in [9.17, 15) is 4.79 Å². The van der Waals surface area contributed by atoms with Gasteiger partial charge in [-0.15, -0.1) is 0 Å². The quantitative estimate of drug-likeness (QED) is 0.887. The zero-order chi connectivity index (χ0) is 15.4. The average molecular weight is 315 g/mol. The smallest absolute Gasteiger partial charge is 0.322 e. The van der Waals surface area contributed by atoms with Gasteiger partial charge < -0.3 is 14.7 Å². The molecule has 1 fully saturated rings. The maximum Gasteiger partial charge on any atom is 0.322 e. The van der Waals surface area contributed by atoms with Crippen LogP contribution in [0.2, 0.25) is 5.28 Å². The number of anilines is 1. The van der Waals surface area contributed by atoms with Gasteiger partial charge in [0.1, 0.15) is 0 Å². The van der Waals surface area contributed by atoms with Crippen molar-refractivity contribution in [3.05, 3.63) is 5.28 Å². The third-order valence-electron chi connectivity index (χ3n) is 3.80. The maximum absolute atomic E-state index is 10.9. The van der Waals surface area contributed by atoms with Gasteiger partial charge in [0.05, 0.1) is 7.11 Å². The molecule has 1 aromatic rings. The third-order valence-corrected chi connectivity index (χ3v) is 3.97. The Morgan fingerprint density at radius 1 is 1.52 bits per heavy atom. The second kappa shape index (κ2) is 6.89. The number of hydrogen-bond donors (Lipinski definition) is 1. The van der Waals surface area contributed by atoms with Gasteiger partial charge in [0, 0.05) is 19.5 Å². The van der Waals surface area contributed by atoms with Crippen LogP contribution in [0.5, 0.6) is 6.01 Å². The van der Waals surface area contributed by atoms with Crippen LogP contribution < -0.4 is 9.64 Å². The highest BCUT2D eigenvalue weighted by Crippen LogP contribution is 2.28. The van der Waals surface area contributed by atoms with Crippen LogP contribution in [0.1, 0.15) is 26.2 Å². The Bertz CT molecular complexity index is 514. The molecule has 21 heavy (non-hydrogen) atoms. The lowest BCUT2D eigenvalue weighted by Gasteiger charge is -2.35. The number of nitrogens with zero attached hydrogens (tertiary/aromatic N) is 4. The first-order valence-corrected chi connectivity index (χ1v) is 7.29. The molecule has 1 saturated heterocycles. The van der Waals surface area contributed by atoms with Crippen molar-refractivity contribution in [3.63, 3.8) is 0 Å². The predicted octanol–water partition coefficient (Wildman–Crippen LogP) is 1.86. The van der Waals surface area contributed by atoms with Crippen molar-refractivity contribution in [1.29, 1.82) is 0 Å². The van der Waals surface area contributed by atoms with Crippen LogP contribution in [0.15, 0.2) is 0 Å². The number of halogens is 1. The molecule has 116 valence electrons. The minimum Gasteiger partial charge on any atom is -0.481 e. The number of carboxylic acids is 1. The summed E-state index contributed by atoms with van der Waals surface area (Å²) < 4.78 is 5.00. The maximum atomic E-state index is 10.9. The Morgan fingerprint density at radius 3 is 2.95 bits per heavy atom. The molecular formula is C13H19ClN4O3. The van der Waals surface area contributed by atoms with Crippen molar-refractivity contribution >= 4 is 23.5 Å². The zero-order valence-electron chi connectivity index (χ0n) is 12.1. The van der Waals surface area contributed by atoms with E-state index in [1.807, 2.05) is 11.8 Å². The molecule has 2 unspecified atom stereocenters. The summed E-state index contributed by atoms with van der Waals surface area (Å²) in [6, 6.07) is 0.186. The van der Waals surface area contributed by atoms with Gasteiger partial charge in [-0.3, -0.25) is 4.79 Å². The first kappa shape index (κ1) is 15.8. The number of carbonyl (C=O) groups is 1. The van der Waals surface area contributed by atoms with Crippen LogP contribution in [-0.4, -0.2) is 46.2 Å². The van der Waals surface area contributed by atoms with E-state index < -0.39 is 5.97 Å². The molecule has 2 rings (SSSR count). The standard InChI is InChI=1S/C13H19ClN4O3/c1-8(6-10(19)20)9-4-3-5-18(7-9)12-15-11(14)16-13(17-12)21-2/h8-9H,3-7H2,1-2H3,(H,19,20). The summed E-state index contributed by atoms with van der Waals surface area (Å²) in [5, 5.41) is 9.02. The molecule has 7 nitrogen and oxygen atoms in total. The topological polar surface area (TPSA) is 88.4 Å². The van der Waals surface area contributed by atoms with E-state index in [4.69, 9.17) is 21.4 Å². The summed E-state index contributed by atoms with van der Waals surface area (Å²) in [4.78, 5) is 25.1. The highest BCUT2D eigenvalue weighted by Gasteiger charge is 2.27. The van der Waals surface area contributed by atoms with Crippen molar-refractivity contribution in [2.75, 3.05) is 25.1 Å². The Kier molecular flexibility index (Phi) is 5.17. The van der Waals surface area contributed by atoms with Crippen LogP contribution in [0.25, 0.3) is 0 Å². The molecule has 2 heterocycles. The second-order valence-electron chi connectivity index (χ2n) is 5.31. The lowest BCUT2D eigenvalue weighted by atomic mass is 9.85. The summed E-state index contributed by atoms with van der Waals surface area (Å²) in [5.74, 6) is 0.143. The summed E-state index contributed by atoms with van der Waals surface area (Å²) in [6.07, 6.45) is 2.17. The third kappa shape index (κ3) is 4.17. The fourth-order valence-electron chi connectivity index (χ4n) is 2.65. The van der Waals surface area contributed by atoms with Gasteiger partial charge in [0.2, 0.25) is 11.2 Å². The van der Waals surface area contributed by atoms with E-state index >= 15 is 0 Å². The summed E-state index contributed by atoms with van der Waals surface area (Å²) >= 11 is 5.87. The number of piperidine rings is 1. The SMILES string of the molecule is COc1nc(Cl)nc(N2CCCC(C(C)CC(=O)O)C2)n1. The fourth-order valence-corrected chi connectivity index (χ4v) is 2.80. The molecule has 1 aliphatic rings. The van der Waals surface area contributed by atoms with Gasteiger partial charge in [-0.25, -0.2) is 0 Å². The van der Waals surface area contributed by atoms with Crippen molar-refractivity contribution in [2.45, 2.75) is 26.2 Å². The minimum absolute atomic E-state index is 0.0950. The highest BCUT2D eigenvalue weighted by molar-refractivity contribution is 6.28. The van der Waals surface area contributed by atoms with Crippen LogP contribution in [0.4, 0.5) is 5.95 Å². The largest absolute Gasteiger partial charge is 0.481 e. The molecule has 1 N–H and O–H groups in total. The zero-order valence-corrected chi connectivity index (χ0v) is 12.9. The van der Waals surface area contributed by atoms with Crippen LogP contribution in [0.3, 0.4) is 0 Å². The molecule has 2 atom stereocenters. The van der Waals surface area contributed by atoms with Crippen LogP contribution in [0, 0.1) is 11.8 Å². The van der Waals surface area contributed by atoms with Crippen LogP contribution in [-0.2, 0) is 4.79 Å². The minimum atomic E-state index is -0.760. The van der Waals surface area contributed by atoms with E-state index in [0.717, 1.165) is 25.9 Å². The first-order valence-electron chi connectivity index (χ1n) is 6.92. The van der Waals surface area contributed by atoms with Gasteiger partial charge in [-0.1, -0.05) is 6.92 Å². The molecule has 0 aromatic carbocycles. The number of hydrogen-bond acceptors (Lipinski definition) is 6. The number of aliphatic carboxylic acids is 1. The van der Waals surface area contributed by atoms with Crippen molar-refractivity contribution < 1.29 is 14.6 Å². The summed E-state index contributed by atoms with van der Waals surface area (Å²) in [7, 11) is 1.48. The number of rotatable bonds is 5. The highest BCUT2D eigenvalue weighted by atomic mass is 35.5. The molecule has 1 aromatic heterocycles. The van der Waals surface area contributed by atoms with E-state index in [1.54, 1.807) is 0 Å². The van der Waals surface area contributed by atoms with Gasteiger partial charge in [-0.05, 0) is 36.3 Å². The predicted molar refractivity (Wildman–Crippen MR) is 77.7 cm³/mol. The monoisotopic (exact) mass is 314 g/mol. The molecule has 0 bridgehead atoms. The summed E-state index contributed by atoms with van der Waals surface area (Å²) in [5.41, 5.74) is 0. The lowest BCUT2D eigenvalue weighted by Crippen LogP contribution is -2.39. The number of carboxylic acid groups (broad SMARTS) is 1. The lowest BCUT2D eigenvalue weighted by molar-refractivity contribution is -0.138. The van der Waals surface area contributed by atoms with Gasteiger partial charge >= 0.3 is 12.0 Å². The number of aromatic nitrogens is 3. The normalized spacial score (nSPS) is 20.1. The molecule has 8 heteroatoms.